The van der Waals surface area contributed by atoms with Crippen molar-refractivity contribution in [1.82, 2.24) is 0 Å². The van der Waals surface area contributed by atoms with E-state index in [2.05, 4.69) is 0 Å². The van der Waals surface area contributed by atoms with Crippen LogP contribution in [0.4, 0.5) is 0 Å². The van der Waals surface area contributed by atoms with Crippen molar-refractivity contribution >= 4 is 25.9 Å². The summed E-state index contributed by atoms with van der Waals surface area (Å²) in [7, 11) is 1.33. The molecule has 1 heterocycles. The van der Waals surface area contributed by atoms with Crippen LogP contribution in [0, 0.1) is 0 Å². The summed E-state index contributed by atoms with van der Waals surface area (Å²) in [5.74, 6) is 0. The van der Waals surface area contributed by atoms with Crippen molar-refractivity contribution in [1.29, 1.82) is 0 Å². The maximum atomic E-state index is 9.25. The molecule has 0 radical (unpaired) electrons. The summed E-state index contributed by atoms with van der Waals surface area (Å²) >= 11 is 0. The second kappa shape index (κ2) is 2.39. The first kappa shape index (κ1) is 6.95. The van der Waals surface area contributed by atoms with Crippen molar-refractivity contribution in [3.63, 3.8) is 0 Å². The van der Waals surface area contributed by atoms with Crippen molar-refractivity contribution in [3.05, 3.63) is 23.8 Å². The normalized spacial score (nSPS) is 15.2. The van der Waals surface area contributed by atoms with Crippen LogP contribution in [0.25, 0.3) is 0 Å². The molecule has 0 unspecified atom stereocenters. The molecular formula is C7H8B2O2. The minimum atomic E-state index is -0.703. The van der Waals surface area contributed by atoms with Gasteiger partial charge in [0.05, 0.1) is 6.61 Å². The maximum absolute atomic E-state index is 9.25. The van der Waals surface area contributed by atoms with E-state index in [1.807, 2.05) is 26.0 Å². The minimum Gasteiger partial charge on any atom is -0.423 e. The van der Waals surface area contributed by atoms with Gasteiger partial charge in [0.15, 0.2) is 0 Å². The Morgan fingerprint density at radius 3 is 3.18 bits per heavy atom. The highest BCUT2D eigenvalue weighted by Gasteiger charge is 2.26. The van der Waals surface area contributed by atoms with Gasteiger partial charge in [-0.25, -0.2) is 0 Å². The lowest BCUT2D eigenvalue weighted by Crippen LogP contribution is -2.28. The van der Waals surface area contributed by atoms with Gasteiger partial charge in [0.1, 0.15) is 7.85 Å². The fourth-order valence-electron chi connectivity index (χ4n) is 1.36. The Bertz CT molecular complexity index is 288. The van der Waals surface area contributed by atoms with Crippen molar-refractivity contribution in [2.75, 3.05) is 0 Å². The largest absolute Gasteiger partial charge is 0.491 e. The molecule has 0 atom stereocenters. The van der Waals surface area contributed by atoms with Crippen molar-refractivity contribution < 1.29 is 9.68 Å². The van der Waals surface area contributed by atoms with Crippen LogP contribution in [0.2, 0.25) is 0 Å². The summed E-state index contributed by atoms with van der Waals surface area (Å²) in [6, 6.07) is 5.95. The highest BCUT2D eigenvalue weighted by molar-refractivity contribution is 6.61. The second-order valence-electron chi connectivity index (χ2n) is 2.87. The lowest BCUT2D eigenvalue weighted by Gasteiger charge is -1.97. The van der Waals surface area contributed by atoms with Crippen LogP contribution in [0.1, 0.15) is 5.56 Å². The predicted octanol–water partition coefficient (Wildman–Crippen LogP) is -1.84. The molecule has 0 bridgehead atoms. The quantitative estimate of drug-likeness (QED) is 0.435. The van der Waals surface area contributed by atoms with E-state index in [1.165, 1.54) is 5.46 Å². The lowest BCUT2D eigenvalue weighted by molar-refractivity contribution is 0.275. The van der Waals surface area contributed by atoms with Gasteiger partial charge in [-0.15, -0.1) is 0 Å². The molecule has 1 aromatic carbocycles. The zero-order valence-electron chi connectivity index (χ0n) is 6.37. The molecule has 0 fully saturated rings. The standard InChI is InChI=1S/C7H8B2O2/c8-6-1-2-7-5(3-6)4-11-9(7)10/h1-3,10H,4,8H2. The third-order valence-electron chi connectivity index (χ3n) is 1.96. The summed E-state index contributed by atoms with van der Waals surface area (Å²) in [5.41, 5.74) is 3.23. The highest BCUT2D eigenvalue weighted by Crippen LogP contribution is 2.06. The first-order valence-electron chi connectivity index (χ1n) is 3.66. The van der Waals surface area contributed by atoms with E-state index in [-0.39, 0.29) is 0 Å². The Hall–Kier alpha value is -0.730. The second-order valence-corrected chi connectivity index (χ2v) is 2.87. The number of hydrogen-bond donors (Lipinski definition) is 1. The van der Waals surface area contributed by atoms with Crippen LogP contribution in [0.5, 0.6) is 0 Å². The SMILES string of the molecule is Bc1ccc2c(c1)COB2O. The molecule has 4 heteroatoms. The summed E-state index contributed by atoms with van der Waals surface area (Å²) < 4.78 is 5.03. The summed E-state index contributed by atoms with van der Waals surface area (Å²) in [5, 5.41) is 9.25. The van der Waals surface area contributed by atoms with Crippen molar-refractivity contribution in [3.8, 4) is 0 Å². The Morgan fingerprint density at radius 2 is 2.36 bits per heavy atom. The highest BCUT2D eigenvalue weighted by atomic mass is 16.5. The minimum absolute atomic E-state index is 0.540. The topological polar surface area (TPSA) is 29.5 Å². The molecule has 0 amide bonds. The van der Waals surface area contributed by atoms with Crippen molar-refractivity contribution in [2.24, 2.45) is 0 Å². The Morgan fingerprint density at radius 1 is 1.55 bits per heavy atom. The molecular weight excluding hydrogens is 138 g/mol. The molecule has 2 nitrogen and oxygen atoms in total. The smallest absolute Gasteiger partial charge is 0.423 e. The van der Waals surface area contributed by atoms with Gasteiger partial charge in [0.25, 0.3) is 0 Å². The number of fused-ring (bicyclic) bond motifs is 1. The van der Waals surface area contributed by atoms with E-state index in [0.29, 0.717) is 6.61 Å². The van der Waals surface area contributed by atoms with E-state index in [9.17, 15) is 5.02 Å². The van der Waals surface area contributed by atoms with Gasteiger partial charge in [-0.2, -0.15) is 0 Å². The van der Waals surface area contributed by atoms with Gasteiger partial charge in [-0.05, 0) is 11.0 Å². The number of rotatable bonds is 0. The molecule has 2 rings (SSSR count). The molecule has 11 heavy (non-hydrogen) atoms. The average Bonchev–Trinajstić information content (AvgIpc) is 2.32. The molecule has 1 aliphatic rings. The van der Waals surface area contributed by atoms with Crippen LogP contribution in [0.3, 0.4) is 0 Å². The van der Waals surface area contributed by atoms with E-state index in [1.54, 1.807) is 0 Å². The van der Waals surface area contributed by atoms with Gasteiger partial charge in [-0.1, -0.05) is 23.7 Å². The van der Waals surface area contributed by atoms with E-state index in [4.69, 9.17) is 4.65 Å². The Labute approximate surface area is 66.7 Å². The average molecular weight is 146 g/mol. The van der Waals surface area contributed by atoms with E-state index >= 15 is 0 Å². The zero-order valence-corrected chi connectivity index (χ0v) is 6.37. The lowest BCUT2D eigenvalue weighted by atomic mass is 9.77. The van der Waals surface area contributed by atoms with Gasteiger partial charge < -0.3 is 9.68 Å². The van der Waals surface area contributed by atoms with E-state index < -0.39 is 7.12 Å². The molecule has 0 aromatic heterocycles. The Kier molecular flexibility index (Phi) is 1.51. The van der Waals surface area contributed by atoms with Crippen LogP contribution in [-0.2, 0) is 11.3 Å². The molecule has 1 aromatic rings. The first-order valence-corrected chi connectivity index (χ1v) is 3.66. The van der Waals surface area contributed by atoms with Gasteiger partial charge in [0.2, 0.25) is 0 Å². The first-order chi connectivity index (χ1) is 5.27. The molecule has 0 saturated carbocycles. The predicted molar refractivity (Wildman–Crippen MR) is 47.0 cm³/mol. The van der Waals surface area contributed by atoms with Gasteiger partial charge in [0, 0.05) is 0 Å². The fraction of sp³-hybridized carbons (Fsp3) is 0.143. The monoisotopic (exact) mass is 146 g/mol. The summed E-state index contributed by atoms with van der Waals surface area (Å²) in [4.78, 5) is 0. The molecule has 0 aliphatic carbocycles. The molecule has 1 N–H and O–H groups in total. The number of hydrogen-bond acceptors (Lipinski definition) is 2. The van der Waals surface area contributed by atoms with Crippen LogP contribution in [0.15, 0.2) is 18.2 Å². The van der Waals surface area contributed by atoms with Crippen LogP contribution >= 0.6 is 0 Å². The third-order valence-corrected chi connectivity index (χ3v) is 1.96. The summed E-state index contributed by atoms with van der Waals surface area (Å²) in [6.07, 6.45) is 0. The number of benzene rings is 1. The zero-order chi connectivity index (χ0) is 7.84. The van der Waals surface area contributed by atoms with Crippen molar-refractivity contribution in [2.45, 2.75) is 6.61 Å². The maximum Gasteiger partial charge on any atom is 0.491 e. The summed E-state index contributed by atoms with van der Waals surface area (Å²) in [6.45, 7) is 0.540. The third kappa shape index (κ3) is 1.08. The van der Waals surface area contributed by atoms with Gasteiger partial charge >= 0.3 is 7.12 Å². The Balaban J connectivity index is 2.50. The molecule has 0 saturated heterocycles. The molecule has 54 valence electrons. The van der Waals surface area contributed by atoms with Crippen LogP contribution in [-0.4, -0.2) is 20.0 Å². The molecule has 1 aliphatic heterocycles. The van der Waals surface area contributed by atoms with E-state index in [0.717, 1.165) is 11.0 Å². The fourth-order valence-corrected chi connectivity index (χ4v) is 1.36. The molecule has 0 spiro atoms. The van der Waals surface area contributed by atoms with Crippen LogP contribution < -0.4 is 10.9 Å². The van der Waals surface area contributed by atoms with Gasteiger partial charge in [-0.3, -0.25) is 0 Å².